The van der Waals surface area contributed by atoms with Crippen LogP contribution in [0.2, 0.25) is 0 Å². The molecule has 0 saturated carbocycles. The van der Waals surface area contributed by atoms with E-state index in [2.05, 4.69) is 66.5 Å². The molecule has 5 heterocycles. The van der Waals surface area contributed by atoms with Gasteiger partial charge in [0.15, 0.2) is 0 Å². The van der Waals surface area contributed by atoms with E-state index in [4.69, 9.17) is 14.5 Å². The second-order valence-electron chi connectivity index (χ2n) is 11.3. The lowest BCUT2D eigenvalue weighted by atomic mass is 10.1. The number of anilines is 3. The van der Waals surface area contributed by atoms with Crippen LogP contribution in [0, 0.1) is 18.3 Å². The highest BCUT2D eigenvalue weighted by atomic mass is 16.5. The second kappa shape index (κ2) is 12.1. The summed E-state index contributed by atoms with van der Waals surface area (Å²) < 4.78 is 12.0. The molecule has 0 amide bonds. The van der Waals surface area contributed by atoms with Crippen LogP contribution >= 0.6 is 0 Å². The van der Waals surface area contributed by atoms with Crippen molar-refractivity contribution in [2.75, 3.05) is 81.1 Å². The molecule has 11 nitrogen and oxygen atoms in total. The van der Waals surface area contributed by atoms with Gasteiger partial charge in [-0.05, 0) is 38.1 Å². The van der Waals surface area contributed by atoms with Crippen molar-refractivity contribution in [3.8, 4) is 6.07 Å². The van der Waals surface area contributed by atoms with E-state index in [0.29, 0.717) is 11.5 Å². The van der Waals surface area contributed by atoms with Gasteiger partial charge in [0.1, 0.15) is 11.9 Å². The van der Waals surface area contributed by atoms with Gasteiger partial charge in [-0.1, -0.05) is 0 Å². The molecule has 0 radical (unpaired) electrons. The largest absolute Gasteiger partial charge is 0.378 e. The van der Waals surface area contributed by atoms with Crippen molar-refractivity contribution in [2.24, 2.45) is 0 Å². The molecule has 3 saturated heterocycles. The first kappa shape index (κ1) is 27.6. The molecule has 1 aromatic carbocycles. The Bertz CT molecular complexity index is 1400. The Morgan fingerprint density at radius 1 is 1.12 bits per heavy atom. The van der Waals surface area contributed by atoms with Crippen molar-refractivity contribution in [1.82, 2.24) is 25.2 Å². The molecule has 6 rings (SSSR count). The summed E-state index contributed by atoms with van der Waals surface area (Å²) in [5, 5.41) is 17.4. The van der Waals surface area contributed by atoms with E-state index in [0.717, 1.165) is 87.0 Å². The molecule has 3 aromatic rings. The predicted molar refractivity (Wildman–Crippen MR) is 160 cm³/mol. The minimum Gasteiger partial charge on any atom is -0.378 e. The number of pyridine rings is 1. The van der Waals surface area contributed by atoms with Crippen LogP contribution in [-0.2, 0) is 9.47 Å². The maximum atomic E-state index is 9.55. The zero-order valence-corrected chi connectivity index (χ0v) is 24.1. The van der Waals surface area contributed by atoms with Gasteiger partial charge in [0.2, 0.25) is 5.95 Å². The first-order chi connectivity index (χ1) is 20.0. The molecule has 0 unspecified atom stereocenters. The zero-order chi connectivity index (χ0) is 28.3. The standard InChI is InChI=1S/C30H39N9O2/c1-20-13-28(36-30(34-20)35-25-15-32-16-27(25)40-3)38-11-9-37(10-12-38)18-23-19-39(17-21(2)41-23)26-7-6-22(14-31)29-24(26)5-4-8-33-29/h4-8,13,21,23,25,27,32H,9-12,15-19H2,1-3H3,(H,34,35,36)/t21-,23+,25-,27-/m1/s1. The Kier molecular flexibility index (Phi) is 8.16. The Morgan fingerprint density at radius 3 is 2.78 bits per heavy atom. The second-order valence-corrected chi connectivity index (χ2v) is 11.3. The van der Waals surface area contributed by atoms with Crippen LogP contribution in [0.25, 0.3) is 10.9 Å². The third-order valence-electron chi connectivity index (χ3n) is 8.31. The van der Waals surface area contributed by atoms with Crippen molar-refractivity contribution in [2.45, 2.75) is 38.2 Å². The number of hydrogen-bond acceptors (Lipinski definition) is 11. The smallest absolute Gasteiger partial charge is 0.225 e. The molecule has 3 aliphatic heterocycles. The van der Waals surface area contributed by atoms with Crippen molar-refractivity contribution >= 4 is 28.4 Å². The number of ether oxygens (including phenoxy) is 2. The van der Waals surface area contributed by atoms with Gasteiger partial charge in [0.05, 0.1) is 35.4 Å². The molecule has 11 heteroatoms. The molecule has 2 aromatic heterocycles. The van der Waals surface area contributed by atoms with Crippen LogP contribution in [0.3, 0.4) is 0 Å². The lowest BCUT2D eigenvalue weighted by Crippen LogP contribution is -2.54. The highest BCUT2D eigenvalue weighted by Crippen LogP contribution is 2.30. The summed E-state index contributed by atoms with van der Waals surface area (Å²) >= 11 is 0. The zero-order valence-electron chi connectivity index (χ0n) is 24.1. The number of benzene rings is 1. The summed E-state index contributed by atoms with van der Waals surface area (Å²) in [6, 6.07) is 12.4. The fourth-order valence-corrected chi connectivity index (χ4v) is 6.30. The van der Waals surface area contributed by atoms with Gasteiger partial charge in [-0.15, -0.1) is 0 Å². The summed E-state index contributed by atoms with van der Waals surface area (Å²) in [5.74, 6) is 1.63. The minimum atomic E-state index is 0.0958. The number of fused-ring (bicyclic) bond motifs is 1. The van der Waals surface area contributed by atoms with Gasteiger partial charge in [0.25, 0.3) is 0 Å². The Morgan fingerprint density at radius 2 is 1.98 bits per heavy atom. The lowest BCUT2D eigenvalue weighted by molar-refractivity contribution is -0.0327. The Hall–Kier alpha value is -3.56. The SMILES string of the molecule is CO[C@@H]1CNC[C@H]1Nc1nc(C)cc(N2CCN(C[C@H]3CN(c4ccc(C#N)c5ncccc45)C[C@@H](C)O3)CC2)n1. The lowest BCUT2D eigenvalue weighted by Gasteiger charge is -2.42. The molecule has 0 bridgehead atoms. The monoisotopic (exact) mass is 557 g/mol. The maximum Gasteiger partial charge on any atom is 0.225 e. The molecular weight excluding hydrogens is 518 g/mol. The predicted octanol–water partition coefficient (Wildman–Crippen LogP) is 2.02. The summed E-state index contributed by atoms with van der Waals surface area (Å²) in [4.78, 5) is 21.2. The fraction of sp³-hybridized carbons (Fsp3) is 0.533. The first-order valence-electron chi connectivity index (χ1n) is 14.5. The molecule has 216 valence electrons. The molecule has 3 fully saturated rings. The normalized spacial score (nSPS) is 25.4. The topological polar surface area (TPSA) is 115 Å². The molecule has 0 aliphatic carbocycles. The highest BCUT2D eigenvalue weighted by Gasteiger charge is 2.30. The number of piperazine rings is 1. The van der Waals surface area contributed by atoms with Gasteiger partial charge < -0.3 is 29.9 Å². The van der Waals surface area contributed by atoms with E-state index in [1.807, 2.05) is 19.1 Å². The van der Waals surface area contributed by atoms with Crippen molar-refractivity contribution < 1.29 is 9.47 Å². The summed E-state index contributed by atoms with van der Waals surface area (Å²) in [6.07, 6.45) is 2.07. The van der Waals surface area contributed by atoms with Gasteiger partial charge in [-0.3, -0.25) is 9.88 Å². The molecule has 41 heavy (non-hydrogen) atoms. The number of hydrogen-bond donors (Lipinski definition) is 2. The minimum absolute atomic E-state index is 0.0958. The number of aromatic nitrogens is 3. The summed E-state index contributed by atoms with van der Waals surface area (Å²) in [6.45, 7) is 12.0. The molecule has 0 spiro atoms. The summed E-state index contributed by atoms with van der Waals surface area (Å²) in [7, 11) is 1.75. The van der Waals surface area contributed by atoms with Crippen LogP contribution in [0.1, 0.15) is 18.2 Å². The Labute approximate surface area is 241 Å². The molecule has 4 atom stereocenters. The fourth-order valence-electron chi connectivity index (χ4n) is 6.30. The van der Waals surface area contributed by atoms with Crippen molar-refractivity contribution in [3.63, 3.8) is 0 Å². The maximum absolute atomic E-state index is 9.55. The van der Waals surface area contributed by atoms with Crippen LogP contribution in [0.5, 0.6) is 0 Å². The third-order valence-corrected chi connectivity index (χ3v) is 8.31. The van der Waals surface area contributed by atoms with Crippen LogP contribution in [-0.4, -0.2) is 110 Å². The number of morpholine rings is 1. The van der Waals surface area contributed by atoms with Crippen molar-refractivity contribution in [3.05, 3.63) is 47.8 Å². The third kappa shape index (κ3) is 6.06. The number of nitrogens with zero attached hydrogens (tertiary/aromatic N) is 7. The number of methoxy groups -OCH3 is 1. The number of nitrogens with one attached hydrogen (secondary N) is 2. The quantitative estimate of drug-likeness (QED) is 0.445. The van der Waals surface area contributed by atoms with Crippen molar-refractivity contribution in [1.29, 1.82) is 5.26 Å². The van der Waals surface area contributed by atoms with Gasteiger partial charge in [-0.25, -0.2) is 4.98 Å². The number of nitriles is 1. The van der Waals surface area contributed by atoms with E-state index in [1.54, 1.807) is 13.3 Å². The first-order valence-corrected chi connectivity index (χ1v) is 14.5. The van der Waals surface area contributed by atoms with Crippen LogP contribution in [0.4, 0.5) is 17.5 Å². The highest BCUT2D eigenvalue weighted by molar-refractivity contribution is 5.95. The van der Waals surface area contributed by atoms with E-state index in [-0.39, 0.29) is 24.4 Å². The average molecular weight is 558 g/mol. The molecule has 2 N–H and O–H groups in total. The van der Waals surface area contributed by atoms with Gasteiger partial charge in [-0.2, -0.15) is 10.2 Å². The summed E-state index contributed by atoms with van der Waals surface area (Å²) in [5.41, 5.74) is 3.44. The van der Waals surface area contributed by atoms with E-state index in [1.165, 1.54) is 0 Å². The Balaban J connectivity index is 1.08. The van der Waals surface area contributed by atoms with Crippen LogP contribution in [0.15, 0.2) is 36.5 Å². The number of aryl methyl sites for hydroxylation is 1. The molecule has 3 aliphatic rings. The average Bonchev–Trinajstić information content (AvgIpc) is 3.43. The van der Waals surface area contributed by atoms with E-state index < -0.39 is 0 Å². The molecular formula is C30H39N9O2. The van der Waals surface area contributed by atoms with Gasteiger partial charge in [0, 0.05) is 95.0 Å². The van der Waals surface area contributed by atoms with E-state index in [9.17, 15) is 5.26 Å². The van der Waals surface area contributed by atoms with Crippen LogP contribution < -0.4 is 20.4 Å². The number of rotatable bonds is 7. The van der Waals surface area contributed by atoms with Gasteiger partial charge >= 0.3 is 0 Å². The van der Waals surface area contributed by atoms with E-state index >= 15 is 0 Å².